The third-order valence-electron chi connectivity index (χ3n) is 5.20. The van der Waals surface area contributed by atoms with Crippen molar-refractivity contribution in [1.29, 1.82) is 0 Å². The van der Waals surface area contributed by atoms with Gasteiger partial charge >= 0.3 is 0 Å². The quantitative estimate of drug-likeness (QED) is 0.855. The lowest BCUT2D eigenvalue weighted by atomic mass is 10.0. The van der Waals surface area contributed by atoms with Crippen LogP contribution in [0.3, 0.4) is 0 Å². The Morgan fingerprint density at radius 3 is 2.89 bits per heavy atom. The minimum Gasteiger partial charge on any atom is -0.486 e. The van der Waals surface area contributed by atoms with Crippen LogP contribution < -0.4 is 14.8 Å². The van der Waals surface area contributed by atoms with E-state index in [-0.39, 0.29) is 11.9 Å². The smallest absolute Gasteiger partial charge is 0.238 e. The van der Waals surface area contributed by atoms with Crippen LogP contribution in [0.1, 0.15) is 30.0 Å². The average molecular weight is 387 g/mol. The van der Waals surface area contributed by atoms with Crippen LogP contribution in [0.2, 0.25) is 5.02 Å². The van der Waals surface area contributed by atoms with Gasteiger partial charge in [-0.1, -0.05) is 23.7 Å². The maximum Gasteiger partial charge on any atom is 0.238 e. The number of nitrogens with one attached hydrogen (secondary N) is 1. The summed E-state index contributed by atoms with van der Waals surface area (Å²) in [5, 5.41) is 3.65. The zero-order chi connectivity index (χ0) is 18.8. The first-order chi connectivity index (χ1) is 13.1. The molecule has 2 aliphatic rings. The van der Waals surface area contributed by atoms with E-state index >= 15 is 0 Å². The van der Waals surface area contributed by atoms with Crippen LogP contribution in [0.4, 0.5) is 5.69 Å². The van der Waals surface area contributed by atoms with Gasteiger partial charge in [0.05, 0.1) is 6.54 Å². The molecule has 1 atom stereocenters. The second-order valence-corrected chi connectivity index (χ2v) is 7.40. The lowest BCUT2D eigenvalue weighted by molar-refractivity contribution is -0.117. The summed E-state index contributed by atoms with van der Waals surface area (Å²) in [6, 6.07) is 11.9. The molecule has 0 radical (unpaired) electrons. The number of nitrogens with zero attached hydrogens (tertiary/aromatic N) is 1. The molecule has 0 unspecified atom stereocenters. The normalized spacial score (nSPS) is 19.1. The molecule has 142 valence electrons. The van der Waals surface area contributed by atoms with Gasteiger partial charge in [0, 0.05) is 16.8 Å². The molecule has 2 aliphatic heterocycles. The predicted octanol–water partition coefficient (Wildman–Crippen LogP) is 4.20. The highest BCUT2D eigenvalue weighted by Crippen LogP contribution is 2.38. The van der Waals surface area contributed by atoms with Crippen LogP contribution >= 0.6 is 11.6 Å². The molecule has 2 heterocycles. The summed E-state index contributed by atoms with van der Waals surface area (Å²) in [4.78, 5) is 14.8. The van der Waals surface area contributed by atoms with Crippen LogP contribution in [0.5, 0.6) is 11.5 Å². The monoisotopic (exact) mass is 386 g/mol. The van der Waals surface area contributed by atoms with Gasteiger partial charge in [-0.3, -0.25) is 9.69 Å². The van der Waals surface area contributed by atoms with E-state index < -0.39 is 0 Å². The molecule has 0 saturated carbocycles. The number of anilines is 1. The lowest BCUT2D eigenvalue weighted by Crippen LogP contribution is -2.33. The lowest BCUT2D eigenvalue weighted by Gasteiger charge is -2.26. The van der Waals surface area contributed by atoms with Crippen LogP contribution in [0.15, 0.2) is 36.4 Å². The molecule has 27 heavy (non-hydrogen) atoms. The molecular formula is C21H23ClN2O3. The number of hydrogen-bond donors (Lipinski definition) is 1. The summed E-state index contributed by atoms with van der Waals surface area (Å²) in [7, 11) is 0. The van der Waals surface area contributed by atoms with Gasteiger partial charge in [0.25, 0.3) is 0 Å². The van der Waals surface area contributed by atoms with Gasteiger partial charge in [-0.05, 0) is 61.7 Å². The minimum absolute atomic E-state index is 0.0233. The SMILES string of the molecule is Cc1c(Cl)cccc1NC(=O)CN1CCC[C@@H]1c1ccc2c(c1)OCCO2. The molecule has 0 bridgehead atoms. The Kier molecular flexibility index (Phi) is 5.23. The molecule has 0 aliphatic carbocycles. The van der Waals surface area contributed by atoms with E-state index in [4.69, 9.17) is 21.1 Å². The topological polar surface area (TPSA) is 50.8 Å². The van der Waals surface area contributed by atoms with Crippen molar-refractivity contribution < 1.29 is 14.3 Å². The number of fused-ring (bicyclic) bond motifs is 1. The Labute approximate surface area is 164 Å². The molecule has 1 amide bonds. The van der Waals surface area contributed by atoms with Gasteiger partial charge in [-0.25, -0.2) is 0 Å². The third kappa shape index (κ3) is 3.89. The summed E-state index contributed by atoms with van der Waals surface area (Å²) in [5.74, 6) is 1.57. The van der Waals surface area contributed by atoms with E-state index in [9.17, 15) is 4.79 Å². The highest BCUT2D eigenvalue weighted by atomic mass is 35.5. The van der Waals surface area contributed by atoms with Crippen molar-refractivity contribution in [3.8, 4) is 11.5 Å². The number of carbonyl (C=O) groups is 1. The molecule has 1 fully saturated rings. The minimum atomic E-state index is -0.0233. The number of carbonyl (C=O) groups excluding carboxylic acids is 1. The van der Waals surface area contributed by atoms with E-state index in [1.807, 2.05) is 31.2 Å². The van der Waals surface area contributed by atoms with Crippen molar-refractivity contribution in [2.75, 3.05) is 31.6 Å². The van der Waals surface area contributed by atoms with Gasteiger partial charge < -0.3 is 14.8 Å². The second kappa shape index (κ2) is 7.79. The van der Waals surface area contributed by atoms with Crippen molar-refractivity contribution in [3.63, 3.8) is 0 Å². The maximum absolute atomic E-state index is 12.6. The summed E-state index contributed by atoms with van der Waals surface area (Å²) < 4.78 is 11.3. The van der Waals surface area contributed by atoms with Crippen LogP contribution in [0, 0.1) is 6.92 Å². The predicted molar refractivity (Wildman–Crippen MR) is 106 cm³/mol. The first kappa shape index (κ1) is 18.1. The van der Waals surface area contributed by atoms with Crippen LogP contribution in [0.25, 0.3) is 0 Å². The maximum atomic E-state index is 12.6. The zero-order valence-corrected chi connectivity index (χ0v) is 16.1. The van der Waals surface area contributed by atoms with Gasteiger partial charge in [-0.15, -0.1) is 0 Å². The van der Waals surface area contributed by atoms with E-state index in [1.165, 1.54) is 5.56 Å². The number of amides is 1. The summed E-state index contributed by atoms with van der Waals surface area (Å²) in [6.45, 7) is 4.33. The van der Waals surface area contributed by atoms with Crippen LogP contribution in [-0.2, 0) is 4.79 Å². The number of halogens is 1. The molecule has 0 aromatic heterocycles. The third-order valence-corrected chi connectivity index (χ3v) is 5.61. The fraction of sp³-hybridized carbons (Fsp3) is 0.381. The number of rotatable bonds is 4. The standard InChI is InChI=1S/C21H23ClN2O3/c1-14-16(22)4-2-5-17(14)23-21(25)13-24-9-3-6-18(24)15-7-8-19-20(12-15)27-11-10-26-19/h2,4-5,7-8,12,18H,3,6,9-11,13H2,1H3,(H,23,25)/t18-/m1/s1. The summed E-state index contributed by atoms with van der Waals surface area (Å²) in [6.07, 6.45) is 2.10. The largest absolute Gasteiger partial charge is 0.486 e. The average Bonchev–Trinajstić information content (AvgIpc) is 3.13. The van der Waals surface area contributed by atoms with E-state index in [1.54, 1.807) is 0 Å². The molecular weight excluding hydrogens is 364 g/mol. The highest BCUT2D eigenvalue weighted by Gasteiger charge is 2.28. The molecule has 1 N–H and O–H groups in total. The highest BCUT2D eigenvalue weighted by molar-refractivity contribution is 6.31. The molecule has 2 aromatic rings. The van der Waals surface area contributed by atoms with Crippen molar-refractivity contribution in [3.05, 3.63) is 52.5 Å². The number of hydrogen-bond acceptors (Lipinski definition) is 4. The molecule has 6 heteroatoms. The van der Waals surface area contributed by atoms with Gasteiger partial charge in [0.2, 0.25) is 5.91 Å². The summed E-state index contributed by atoms with van der Waals surface area (Å²) >= 11 is 6.15. The molecule has 1 saturated heterocycles. The summed E-state index contributed by atoms with van der Waals surface area (Å²) in [5.41, 5.74) is 2.82. The van der Waals surface area contributed by atoms with Crippen molar-refractivity contribution >= 4 is 23.2 Å². The Morgan fingerprint density at radius 2 is 2.04 bits per heavy atom. The van der Waals surface area contributed by atoms with Crippen LogP contribution in [-0.4, -0.2) is 37.1 Å². The molecule has 2 aromatic carbocycles. The number of benzene rings is 2. The Hall–Kier alpha value is -2.24. The molecule has 0 spiro atoms. The first-order valence-electron chi connectivity index (χ1n) is 9.30. The van der Waals surface area contributed by atoms with E-state index in [0.29, 0.717) is 24.8 Å². The van der Waals surface area contributed by atoms with Gasteiger partial charge in [0.15, 0.2) is 11.5 Å². The van der Waals surface area contributed by atoms with Crippen molar-refractivity contribution in [2.24, 2.45) is 0 Å². The Morgan fingerprint density at radius 1 is 1.22 bits per heavy atom. The fourth-order valence-electron chi connectivity index (χ4n) is 3.78. The zero-order valence-electron chi connectivity index (χ0n) is 15.3. The number of likely N-dealkylation sites (tertiary alicyclic amines) is 1. The van der Waals surface area contributed by atoms with E-state index in [2.05, 4.69) is 22.3 Å². The molecule has 5 nitrogen and oxygen atoms in total. The van der Waals surface area contributed by atoms with Gasteiger partial charge in [-0.2, -0.15) is 0 Å². The van der Waals surface area contributed by atoms with Crippen molar-refractivity contribution in [1.82, 2.24) is 4.90 Å². The van der Waals surface area contributed by atoms with Crippen molar-refractivity contribution in [2.45, 2.75) is 25.8 Å². The second-order valence-electron chi connectivity index (χ2n) is 6.99. The first-order valence-corrected chi connectivity index (χ1v) is 9.68. The number of ether oxygens (including phenoxy) is 2. The molecule has 4 rings (SSSR count). The van der Waals surface area contributed by atoms with Gasteiger partial charge in [0.1, 0.15) is 13.2 Å². The fourth-order valence-corrected chi connectivity index (χ4v) is 3.95. The van der Waals surface area contributed by atoms with E-state index in [0.717, 1.165) is 42.1 Å². The Bertz CT molecular complexity index is 855. The Balaban J connectivity index is 1.45.